The predicted molar refractivity (Wildman–Crippen MR) is 45.2 cm³/mol. The molecule has 0 aliphatic heterocycles. The molecule has 1 atom stereocenters. The third-order valence-corrected chi connectivity index (χ3v) is 1.59. The van der Waals surface area contributed by atoms with Gasteiger partial charge < -0.3 is 0 Å². The summed E-state index contributed by atoms with van der Waals surface area (Å²) in [5.41, 5.74) is 0. The van der Waals surface area contributed by atoms with Gasteiger partial charge in [0.25, 0.3) is 0 Å². The second-order valence-electron chi connectivity index (χ2n) is 2.67. The molecular formula is C8H17NO2. The quantitative estimate of drug-likeness (QED) is 0.326. The van der Waals surface area contributed by atoms with Crippen LogP contribution in [0.4, 0.5) is 0 Å². The number of rotatable bonds is 7. The Balaban J connectivity index is 3.14. The van der Waals surface area contributed by atoms with E-state index in [-0.39, 0.29) is 0 Å². The molecule has 0 spiro atoms. The van der Waals surface area contributed by atoms with Crippen LogP contribution in [-0.4, -0.2) is 11.4 Å². The lowest BCUT2D eigenvalue weighted by Crippen LogP contribution is -1.99. The van der Waals surface area contributed by atoms with E-state index in [4.69, 9.17) is 1.37 Å². The van der Waals surface area contributed by atoms with E-state index in [1.165, 1.54) is 12.8 Å². The summed E-state index contributed by atoms with van der Waals surface area (Å²) in [4.78, 5) is 9.51. The molecule has 0 fully saturated rings. The average molecular weight is 160 g/mol. The molecule has 0 amide bonds. The van der Waals surface area contributed by atoms with Crippen LogP contribution in [0.2, 0.25) is 0 Å². The van der Waals surface area contributed by atoms with E-state index in [0.29, 0.717) is 6.42 Å². The summed E-state index contributed by atoms with van der Waals surface area (Å²) >= 11 is 0. The van der Waals surface area contributed by atoms with Crippen molar-refractivity contribution in [3.8, 4) is 0 Å². The highest BCUT2D eigenvalue weighted by atomic mass is 16.6. The number of hydrogen-bond donors (Lipinski definition) is 0. The van der Waals surface area contributed by atoms with Crippen molar-refractivity contribution in [3.05, 3.63) is 10.1 Å². The fraction of sp³-hybridized carbons (Fsp3) is 1.00. The van der Waals surface area contributed by atoms with Crippen LogP contribution >= 0.6 is 0 Å². The van der Waals surface area contributed by atoms with Crippen LogP contribution in [0.25, 0.3) is 0 Å². The Hall–Kier alpha value is -0.600. The van der Waals surface area contributed by atoms with Gasteiger partial charge >= 0.3 is 0 Å². The van der Waals surface area contributed by atoms with Crippen LogP contribution in [0.5, 0.6) is 0 Å². The number of hydrogen-bond acceptors (Lipinski definition) is 2. The van der Waals surface area contributed by atoms with Crippen LogP contribution in [0.1, 0.15) is 46.8 Å². The second kappa shape index (κ2) is 7.51. The van der Waals surface area contributed by atoms with Crippen LogP contribution in [0, 0.1) is 10.1 Å². The monoisotopic (exact) mass is 160 g/mol. The molecule has 0 saturated carbocycles. The van der Waals surface area contributed by atoms with Gasteiger partial charge in [0.05, 0.1) is 0 Å². The van der Waals surface area contributed by atoms with Crippen molar-refractivity contribution in [3.63, 3.8) is 0 Å². The van der Waals surface area contributed by atoms with Gasteiger partial charge in [0.15, 0.2) is 0 Å². The van der Waals surface area contributed by atoms with Crippen LogP contribution in [0.15, 0.2) is 0 Å². The Morgan fingerprint density at radius 3 is 2.36 bits per heavy atom. The molecule has 0 aromatic rings. The maximum Gasteiger partial charge on any atom is 0.203 e. The number of nitrogens with zero attached hydrogens (tertiary/aromatic N) is 1. The third-order valence-electron chi connectivity index (χ3n) is 1.59. The standard InChI is InChI=1S/C8H17NO2/c1-2-3-4-5-6-7-8-9(10)11/h2-8H2,1H3/i8D/t8-/m1/s1. The first kappa shape index (κ1) is 8.50. The maximum absolute atomic E-state index is 10.0. The van der Waals surface area contributed by atoms with Crippen LogP contribution in [-0.2, 0) is 0 Å². The molecule has 0 aromatic heterocycles. The normalized spacial score (nSPS) is 14.1. The highest BCUT2D eigenvalue weighted by Crippen LogP contribution is 2.04. The zero-order chi connectivity index (χ0) is 9.40. The Labute approximate surface area is 69.4 Å². The van der Waals surface area contributed by atoms with Gasteiger partial charge in [-0.25, -0.2) is 0 Å². The van der Waals surface area contributed by atoms with Crippen molar-refractivity contribution >= 4 is 0 Å². The van der Waals surface area contributed by atoms with Crippen molar-refractivity contribution in [2.45, 2.75) is 45.4 Å². The van der Waals surface area contributed by atoms with Gasteiger partial charge in [0.2, 0.25) is 6.52 Å². The van der Waals surface area contributed by atoms with Gasteiger partial charge in [-0.1, -0.05) is 32.6 Å². The minimum absolute atomic E-state index is 0.400. The molecule has 66 valence electrons. The topological polar surface area (TPSA) is 43.1 Å². The molecule has 0 N–H and O–H groups in total. The molecule has 0 aromatic carbocycles. The summed E-state index contributed by atoms with van der Waals surface area (Å²) in [6.07, 6.45) is 5.75. The van der Waals surface area contributed by atoms with Crippen molar-refractivity contribution in [2.75, 3.05) is 6.52 Å². The zero-order valence-corrected chi connectivity index (χ0v) is 7.08. The molecule has 0 rings (SSSR count). The van der Waals surface area contributed by atoms with Crippen LogP contribution in [0.3, 0.4) is 0 Å². The Kier molecular flexibility index (Phi) is 5.80. The van der Waals surface area contributed by atoms with E-state index in [0.717, 1.165) is 19.3 Å². The molecule has 3 nitrogen and oxygen atoms in total. The first-order valence-electron chi connectivity index (χ1n) is 4.82. The molecule has 0 bridgehead atoms. The average Bonchev–Trinajstić information content (AvgIpc) is 2.03. The van der Waals surface area contributed by atoms with Crippen molar-refractivity contribution in [2.24, 2.45) is 0 Å². The Morgan fingerprint density at radius 2 is 1.82 bits per heavy atom. The van der Waals surface area contributed by atoms with Gasteiger partial charge in [-0.3, -0.25) is 10.1 Å². The summed E-state index contributed by atoms with van der Waals surface area (Å²) in [7, 11) is 0. The molecular weight excluding hydrogens is 142 g/mol. The first-order chi connectivity index (χ1) is 5.68. The van der Waals surface area contributed by atoms with Crippen molar-refractivity contribution in [1.82, 2.24) is 0 Å². The third kappa shape index (κ3) is 9.40. The van der Waals surface area contributed by atoms with E-state index in [9.17, 15) is 10.1 Å². The largest absolute Gasteiger partial charge is 0.265 e. The summed E-state index contributed by atoms with van der Waals surface area (Å²) in [6.45, 7) is 1.02. The summed E-state index contributed by atoms with van der Waals surface area (Å²) in [6, 6.07) is 0. The van der Waals surface area contributed by atoms with Gasteiger partial charge in [-0.05, 0) is 6.42 Å². The number of unbranched alkanes of at least 4 members (excludes halogenated alkanes) is 4. The smallest absolute Gasteiger partial charge is 0.203 e. The first-order valence-corrected chi connectivity index (χ1v) is 4.24. The molecule has 0 aliphatic rings. The fourth-order valence-corrected chi connectivity index (χ4v) is 0.945. The lowest BCUT2D eigenvalue weighted by molar-refractivity contribution is -0.480. The summed E-state index contributed by atoms with van der Waals surface area (Å²) in [5, 5.41) is 10.0. The molecule has 11 heavy (non-hydrogen) atoms. The minimum atomic E-state index is -1.10. The zero-order valence-electron chi connectivity index (χ0n) is 8.08. The van der Waals surface area contributed by atoms with E-state index >= 15 is 0 Å². The van der Waals surface area contributed by atoms with E-state index in [1.807, 2.05) is 0 Å². The van der Waals surface area contributed by atoms with Gasteiger partial charge in [0.1, 0.15) is 1.37 Å². The lowest BCUT2D eigenvalue weighted by Gasteiger charge is -1.96. The van der Waals surface area contributed by atoms with E-state index in [1.54, 1.807) is 0 Å². The van der Waals surface area contributed by atoms with Gasteiger partial charge in [0, 0.05) is 11.3 Å². The van der Waals surface area contributed by atoms with Gasteiger partial charge in [-0.2, -0.15) is 0 Å². The summed E-state index contributed by atoms with van der Waals surface area (Å²) in [5.74, 6) is 0. The fourth-order valence-electron chi connectivity index (χ4n) is 0.945. The SMILES string of the molecule is [2H][C@H](CCCCCCC)[N+](=O)[O-]. The van der Waals surface area contributed by atoms with Crippen molar-refractivity contribution in [1.29, 1.82) is 0 Å². The van der Waals surface area contributed by atoms with Crippen LogP contribution < -0.4 is 0 Å². The molecule has 0 unspecified atom stereocenters. The molecule has 0 aliphatic carbocycles. The molecule has 3 heteroatoms. The summed E-state index contributed by atoms with van der Waals surface area (Å²) < 4.78 is 7.01. The highest BCUT2D eigenvalue weighted by Gasteiger charge is 1.95. The number of nitro groups is 1. The Bertz CT molecular complexity index is 130. The van der Waals surface area contributed by atoms with E-state index < -0.39 is 11.4 Å². The van der Waals surface area contributed by atoms with Crippen molar-refractivity contribution < 1.29 is 6.29 Å². The Morgan fingerprint density at radius 1 is 1.27 bits per heavy atom. The second-order valence-corrected chi connectivity index (χ2v) is 2.67. The molecule has 0 radical (unpaired) electrons. The van der Waals surface area contributed by atoms with E-state index in [2.05, 4.69) is 6.92 Å². The van der Waals surface area contributed by atoms with Gasteiger partial charge in [-0.15, -0.1) is 0 Å². The predicted octanol–water partition coefficient (Wildman–Crippen LogP) is 2.62. The molecule has 0 heterocycles. The maximum atomic E-state index is 10.0. The minimum Gasteiger partial charge on any atom is -0.265 e. The highest BCUT2D eigenvalue weighted by molar-refractivity contribution is 4.42. The lowest BCUT2D eigenvalue weighted by atomic mass is 10.1. The molecule has 0 saturated heterocycles.